The van der Waals surface area contributed by atoms with Crippen LogP contribution in [0, 0.1) is 4.91 Å². The summed E-state index contributed by atoms with van der Waals surface area (Å²) >= 11 is 3.89. The fraction of sp³-hybridized carbons (Fsp3) is 0.571. The van der Waals surface area contributed by atoms with Gasteiger partial charge in [0.25, 0.3) is 5.69 Å². The average molecular weight is 315 g/mol. The number of alkyl halides is 1. The zero-order valence-electron chi connectivity index (χ0n) is 10.8. The van der Waals surface area contributed by atoms with E-state index in [1.54, 1.807) is 0 Å². The highest BCUT2D eigenvalue weighted by Gasteiger charge is 2.31. The first-order valence-electron chi connectivity index (χ1n) is 6.40. The van der Waals surface area contributed by atoms with E-state index in [0.29, 0.717) is 6.54 Å². The smallest absolute Gasteiger partial charge is 0.255 e. The highest BCUT2D eigenvalue weighted by Crippen LogP contribution is 2.44. The summed E-state index contributed by atoms with van der Waals surface area (Å²) in [6.07, 6.45) is 6.31. The maximum Gasteiger partial charge on any atom is 0.255 e. The van der Waals surface area contributed by atoms with Crippen molar-refractivity contribution in [1.29, 1.82) is 0 Å². The lowest BCUT2D eigenvalue weighted by atomic mass is 9.84. The van der Waals surface area contributed by atoms with Gasteiger partial charge in [-0.15, -0.1) is 0 Å². The number of halogens is 1. The standard InChI is InChI=1S/C14H19BrNO.H2O/c1-2-16(17)13-8-6-12(7-9-13)14(15)10-4-3-5-11-14;/h6-9H,2-5,10-11H2,1H3;1H2/q+1;. The first-order valence-corrected chi connectivity index (χ1v) is 7.19. The number of nitroso groups, excluding NO2 is 1. The van der Waals surface area contributed by atoms with E-state index < -0.39 is 0 Å². The largest absolute Gasteiger partial charge is 0.412 e. The van der Waals surface area contributed by atoms with Crippen molar-refractivity contribution >= 4 is 21.6 Å². The minimum Gasteiger partial charge on any atom is -0.412 e. The van der Waals surface area contributed by atoms with Crippen LogP contribution in [0.25, 0.3) is 0 Å². The Morgan fingerprint density at radius 3 is 2.22 bits per heavy atom. The molecule has 0 bridgehead atoms. The summed E-state index contributed by atoms with van der Waals surface area (Å²) in [6.45, 7) is 2.37. The Morgan fingerprint density at radius 2 is 1.72 bits per heavy atom. The van der Waals surface area contributed by atoms with Crippen molar-refractivity contribution < 1.29 is 10.2 Å². The van der Waals surface area contributed by atoms with E-state index >= 15 is 0 Å². The van der Waals surface area contributed by atoms with Crippen molar-refractivity contribution in [2.45, 2.75) is 43.4 Å². The third-order valence-electron chi connectivity index (χ3n) is 3.61. The third kappa shape index (κ3) is 3.18. The molecule has 1 aliphatic rings. The molecule has 4 heteroatoms. The molecule has 0 radical (unpaired) electrons. The monoisotopic (exact) mass is 314 g/mol. The number of hydrogen-bond acceptors (Lipinski definition) is 1. The van der Waals surface area contributed by atoms with Gasteiger partial charge in [0, 0.05) is 21.8 Å². The lowest BCUT2D eigenvalue weighted by molar-refractivity contribution is -0.458. The van der Waals surface area contributed by atoms with Gasteiger partial charge in [-0.1, -0.05) is 47.3 Å². The lowest BCUT2D eigenvalue weighted by Crippen LogP contribution is -2.21. The molecule has 0 spiro atoms. The van der Waals surface area contributed by atoms with Gasteiger partial charge in [0.1, 0.15) is 0 Å². The minimum atomic E-state index is 0. The molecule has 1 aliphatic carbocycles. The average Bonchev–Trinajstić information content (AvgIpc) is 2.39. The van der Waals surface area contributed by atoms with Crippen LogP contribution in [0.15, 0.2) is 24.3 Å². The number of rotatable bonds is 3. The maximum atomic E-state index is 11.5. The Hall–Kier alpha value is -0.740. The number of nitrogens with zero attached hydrogens (tertiary/aromatic N) is 1. The van der Waals surface area contributed by atoms with Crippen molar-refractivity contribution in [2.75, 3.05) is 6.54 Å². The minimum absolute atomic E-state index is 0. The van der Waals surface area contributed by atoms with E-state index in [1.807, 2.05) is 19.1 Å². The van der Waals surface area contributed by atoms with E-state index in [1.165, 1.54) is 37.7 Å². The molecule has 0 aromatic heterocycles. The number of hydrogen-bond donors (Lipinski definition) is 0. The van der Waals surface area contributed by atoms with E-state index in [-0.39, 0.29) is 9.80 Å². The van der Waals surface area contributed by atoms with E-state index in [2.05, 4.69) is 28.1 Å². The van der Waals surface area contributed by atoms with Gasteiger partial charge in [-0.25, -0.2) is 0 Å². The molecular weight excluding hydrogens is 294 g/mol. The molecule has 0 amide bonds. The molecule has 0 saturated heterocycles. The molecule has 0 unspecified atom stereocenters. The fourth-order valence-electron chi connectivity index (χ4n) is 2.51. The van der Waals surface area contributed by atoms with Crippen molar-refractivity contribution in [3.63, 3.8) is 0 Å². The van der Waals surface area contributed by atoms with Gasteiger partial charge in [0.2, 0.25) is 0 Å². The van der Waals surface area contributed by atoms with Crippen LogP contribution < -0.4 is 0 Å². The Balaban J connectivity index is 0.00000162. The van der Waals surface area contributed by atoms with Gasteiger partial charge < -0.3 is 5.48 Å². The quantitative estimate of drug-likeness (QED) is 0.617. The van der Waals surface area contributed by atoms with Crippen LogP contribution in [0.2, 0.25) is 0 Å². The molecule has 0 atom stereocenters. The molecule has 18 heavy (non-hydrogen) atoms. The van der Waals surface area contributed by atoms with E-state index in [4.69, 9.17) is 0 Å². The van der Waals surface area contributed by atoms with Gasteiger partial charge in [0.15, 0.2) is 6.54 Å². The van der Waals surface area contributed by atoms with Crippen LogP contribution in [0.1, 0.15) is 44.6 Å². The second-order valence-corrected chi connectivity index (χ2v) is 6.29. The fourth-order valence-corrected chi connectivity index (χ4v) is 3.33. The van der Waals surface area contributed by atoms with Crippen LogP contribution in [-0.2, 0) is 4.32 Å². The zero-order chi connectivity index (χ0) is 12.3. The van der Waals surface area contributed by atoms with Gasteiger partial charge in [-0.2, -0.15) is 0 Å². The highest BCUT2D eigenvalue weighted by molar-refractivity contribution is 9.09. The van der Waals surface area contributed by atoms with Crippen LogP contribution in [0.3, 0.4) is 0 Å². The molecule has 2 rings (SSSR count). The van der Waals surface area contributed by atoms with Gasteiger partial charge >= 0.3 is 0 Å². The summed E-state index contributed by atoms with van der Waals surface area (Å²) in [4.78, 5) is 11.5. The predicted octanol–water partition coefficient (Wildman–Crippen LogP) is 3.85. The van der Waals surface area contributed by atoms with Crippen LogP contribution in [0.5, 0.6) is 0 Å². The summed E-state index contributed by atoms with van der Waals surface area (Å²) in [7, 11) is 0. The second kappa shape index (κ2) is 6.43. The van der Waals surface area contributed by atoms with Crippen molar-refractivity contribution in [1.82, 2.24) is 0 Å². The Morgan fingerprint density at radius 1 is 1.17 bits per heavy atom. The zero-order valence-corrected chi connectivity index (χ0v) is 12.4. The number of benzene rings is 1. The summed E-state index contributed by atoms with van der Waals surface area (Å²) in [5, 5.41) is 0. The maximum absolute atomic E-state index is 11.5. The SMILES string of the molecule is CC[N+](=O)c1ccc(C2(Br)CCCCC2)cc1.O. The predicted molar refractivity (Wildman–Crippen MR) is 77.6 cm³/mol. The van der Waals surface area contributed by atoms with Crippen molar-refractivity contribution in [3.05, 3.63) is 34.7 Å². The topological polar surface area (TPSA) is 51.6 Å². The normalized spacial score (nSPS) is 17.9. The summed E-state index contributed by atoms with van der Waals surface area (Å²) < 4.78 is 1.16. The van der Waals surface area contributed by atoms with Crippen LogP contribution >= 0.6 is 15.9 Å². The molecule has 1 saturated carbocycles. The van der Waals surface area contributed by atoms with Crippen molar-refractivity contribution in [3.8, 4) is 0 Å². The van der Waals surface area contributed by atoms with Gasteiger partial charge in [-0.3, -0.25) is 0 Å². The van der Waals surface area contributed by atoms with E-state index in [0.717, 1.165) is 10.4 Å². The Bertz CT molecular complexity index is 397. The third-order valence-corrected chi connectivity index (χ3v) is 4.86. The molecule has 0 heterocycles. The summed E-state index contributed by atoms with van der Waals surface area (Å²) in [5.74, 6) is 0. The second-order valence-electron chi connectivity index (χ2n) is 4.77. The summed E-state index contributed by atoms with van der Waals surface area (Å²) in [6, 6.07) is 8.05. The van der Waals surface area contributed by atoms with Crippen LogP contribution in [-0.4, -0.2) is 16.8 Å². The first kappa shape index (κ1) is 15.3. The van der Waals surface area contributed by atoms with Gasteiger partial charge in [0.05, 0.1) is 4.32 Å². The molecule has 0 aliphatic heterocycles. The lowest BCUT2D eigenvalue weighted by Gasteiger charge is -2.32. The molecule has 3 nitrogen and oxygen atoms in total. The van der Waals surface area contributed by atoms with E-state index in [9.17, 15) is 4.91 Å². The van der Waals surface area contributed by atoms with Gasteiger partial charge in [-0.05, 0) is 25.3 Å². The Kier molecular flexibility index (Phi) is 5.47. The first-order chi connectivity index (χ1) is 8.15. The molecule has 100 valence electrons. The summed E-state index contributed by atoms with van der Waals surface area (Å²) in [5.41, 5.74) is 2.06. The molecule has 1 aromatic rings. The molecule has 1 aromatic carbocycles. The van der Waals surface area contributed by atoms with Crippen molar-refractivity contribution in [2.24, 2.45) is 0 Å². The molecular formula is C14H21BrNO2+. The molecule has 2 N–H and O–H groups in total. The molecule has 1 fully saturated rings. The van der Waals surface area contributed by atoms with Crippen LogP contribution in [0.4, 0.5) is 5.69 Å². The Labute approximate surface area is 117 Å². The highest BCUT2D eigenvalue weighted by atomic mass is 79.9.